The van der Waals surface area contributed by atoms with Gasteiger partial charge < -0.3 is 5.32 Å². The Kier molecular flexibility index (Phi) is 5.01. The topological polar surface area (TPSA) is 89.8 Å². The van der Waals surface area contributed by atoms with Gasteiger partial charge in [0.25, 0.3) is 17.9 Å². The number of amides is 1. The molecule has 9 heteroatoms. The summed E-state index contributed by atoms with van der Waals surface area (Å²) in [5.74, 6) is -0.461. The Morgan fingerprint density at radius 1 is 1.10 bits per heavy atom. The Bertz CT molecular complexity index is 1310. The molecule has 0 radical (unpaired) electrons. The van der Waals surface area contributed by atoms with Gasteiger partial charge in [0.05, 0.1) is 17.3 Å². The minimum absolute atomic E-state index is 0.0737. The normalized spacial score (nSPS) is 11.1. The maximum atomic E-state index is 13.5. The maximum absolute atomic E-state index is 13.5. The van der Waals surface area contributed by atoms with Crippen molar-refractivity contribution in [2.75, 3.05) is 5.32 Å². The Morgan fingerprint density at radius 3 is 2.63 bits per heavy atom. The molecule has 0 fully saturated rings. The number of halogens is 2. The smallest absolute Gasteiger partial charge is 0.275 e. The zero-order valence-corrected chi connectivity index (χ0v) is 15.7. The molecule has 0 atom stereocenters. The predicted octanol–water partition coefficient (Wildman–Crippen LogP) is 3.58. The van der Waals surface area contributed by atoms with Gasteiger partial charge in [0.2, 0.25) is 0 Å². The number of nitrogens with zero attached hydrogens (tertiary/aromatic N) is 4. The van der Waals surface area contributed by atoms with Gasteiger partial charge in [-0.1, -0.05) is 30.3 Å². The summed E-state index contributed by atoms with van der Waals surface area (Å²) < 4.78 is 28.2. The molecule has 4 rings (SSSR count). The van der Waals surface area contributed by atoms with Crippen LogP contribution in [0.3, 0.4) is 0 Å². The summed E-state index contributed by atoms with van der Waals surface area (Å²) in [5.41, 5.74) is 0.0225. The van der Waals surface area contributed by atoms with Crippen molar-refractivity contribution in [1.82, 2.24) is 19.5 Å². The standard InChI is InChI=1S/C21H15F2N5O2/c1-28-19(13-6-3-2-5-12(13)18(22)23)27-17-14(21(28)30)7-4-8-15(17)26-20(29)16-11-24-9-10-25-16/h2-11,18H,1H3,(H,26,29). The number of aromatic nitrogens is 4. The highest BCUT2D eigenvalue weighted by Crippen LogP contribution is 2.31. The second kappa shape index (κ2) is 7.78. The van der Waals surface area contributed by atoms with Crippen LogP contribution in [0.15, 0.2) is 65.8 Å². The number of nitrogens with one attached hydrogen (secondary N) is 1. The molecule has 1 N–H and O–H groups in total. The summed E-state index contributed by atoms with van der Waals surface area (Å²) in [7, 11) is 1.47. The van der Waals surface area contributed by atoms with Crippen molar-refractivity contribution in [3.05, 3.63) is 82.7 Å². The van der Waals surface area contributed by atoms with Crippen molar-refractivity contribution >= 4 is 22.5 Å². The van der Waals surface area contributed by atoms with Crippen LogP contribution >= 0.6 is 0 Å². The van der Waals surface area contributed by atoms with Gasteiger partial charge in [-0.15, -0.1) is 0 Å². The van der Waals surface area contributed by atoms with Crippen molar-refractivity contribution < 1.29 is 13.6 Å². The second-order valence-electron chi connectivity index (χ2n) is 6.43. The van der Waals surface area contributed by atoms with Crippen LogP contribution in [0.25, 0.3) is 22.3 Å². The average Bonchev–Trinajstić information content (AvgIpc) is 2.77. The number of carbonyl (C=O) groups excluding carboxylic acids is 1. The Hall–Kier alpha value is -4.01. The highest BCUT2D eigenvalue weighted by Gasteiger charge is 2.20. The third kappa shape index (κ3) is 3.41. The highest BCUT2D eigenvalue weighted by molar-refractivity contribution is 6.07. The second-order valence-corrected chi connectivity index (χ2v) is 6.43. The quantitative estimate of drug-likeness (QED) is 0.559. The van der Waals surface area contributed by atoms with Crippen molar-refractivity contribution in [2.45, 2.75) is 6.43 Å². The molecule has 7 nitrogen and oxygen atoms in total. The Labute approximate surface area is 169 Å². The summed E-state index contributed by atoms with van der Waals surface area (Å²) in [4.78, 5) is 37.7. The monoisotopic (exact) mass is 407 g/mol. The summed E-state index contributed by atoms with van der Waals surface area (Å²) in [6.07, 6.45) is 1.38. The molecular weight excluding hydrogens is 392 g/mol. The first-order valence-electron chi connectivity index (χ1n) is 8.92. The first-order chi connectivity index (χ1) is 14.5. The number of anilines is 1. The van der Waals surface area contributed by atoms with Crippen molar-refractivity contribution in [3.8, 4) is 11.4 Å². The Morgan fingerprint density at radius 2 is 1.90 bits per heavy atom. The number of fused-ring (bicyclic) bond motifs is 1. The molecule has 0 saturated heterocycles. The van der Waals surface area contributed by atoms with E-state index in [-0.39, 0.29) is 39.2 Å². The maximum Gasteiger partial charge on any atom is 0.275 e. The van der Waals surface area contributed by atoms with Crippen LogP contribution in [0.5, 0.6) is 0 Å². The first-order valence-corrected chi connectivity index (χ1v) is 8.92. The number of benzene rings is 2. The van der Waals surface area contributed by atoms with Gasteiger partial charge in [-0.2, -0.15) is 0 Å². The van der Waals surface area contributed by atoms with E-state index in [1.165, 1.54) is 48.4 Å². The molecule has 0 unspecified atom stereocenters. The summed E-state index contributed by atoms with van der Waals surface area (Å²) >= 11 is 0. The van der Waals surface area contributed by atoms with E-state index < -0.39 is 17.9 Å². The lowest BCUT2D eigenvalue weighted by molar-refractivity contribution is 0.102. The fraction of sp³-hybridized carbons (Fsp3) is 0.0952. The molecule has 2 heterocycles. The third-order valence-electron chi connectivity index (χ3n) is 4.59. The SMILES string of the molecule is Cn1c(-c2ccccc2C(F)F)nc2c(NC(=O)c3cnccn3)cccc2c1=O. The van der Waals surface area contributed by atoms with E-state index >= 15 is 0 Å². The minimum Gasteiger partial charge on any atom is -0.319 e. The largest absolute Gasteiger partial charge is 0.319 e. The zero-order chi connectivity index (χ0) is 21.3. The summed E-state index contributed by atoms with van der Waals surface area (Å²) in [6.45, 7) is 0. The van der Waals surface area contributed by atoms with E-state index in [1.807, 2.05) is 0 Å². The molecule has 1 amide bonds. The number of rotatable bonds is 4. The van der Waals surface area contributed by atoms with Gasteiger partial charge in [-0.05, 0) is 12.1 Å². The molecule has 0 aliphatic carbocycles. The summed E-state index contributed by atoms with van der Waals surface area (Å²) in [5, 5.41) is 2.91. The van der Waals surface area contributed by atoms with Crippen LogP contribution < -0.4 is 10.9 Å². The van der Waals surface area contributed by atoms with Gasteiger partial charge in [0.15, 0.2) is 0 Å². The van der Waals surface area contributed by atoms with Crippen molar-refractivity contribution in [3.63, 3.8) is 0 Å². The van der Waals surface area contributed by atoms with Gasteiger partial charge >= 0.3 is 0 Å². The number of para-hydroxylation sites is 1. The Balaban J connectivity index is 1.90. The molecular formula is C21H15F2N5O2. The summed E-state index contributed by atoms with van der Waals surface area (Å²) in [6, 6.07) is 10.6. The van der Waals surface area contributed by atoms with E-state index in [0.717, 1.165) is 0 Å². The molecule has 0 aliphatic rings. The van der Waals surface area contributed by atoms with E-state index in [4.69, 9.17) is 0 Å². The zero-order valence-electron chi connectivity index (χ0n) is 15.7. The van der Waals surface area contributed by atoms with Crippen LogP contribution in [0.2, 0.25) is 0 Å². The van der Waals surface area contributed by atoms with Gasteiger partial charge in [0.1, 0.15) is 17.0 Å². The van der Waals surface area contributed by atoms with E-state index in [9.17, 15) is 18.4 Å². The van der Waals surface area contributed by atoms with Crippen LogP contribution in [-0.2, 0) is 7.05 Å². The third-order valence-corrected chi connectivity index (χ3v) is 4.59. The van der Waals surface area contributed by atoms with Gasteiger partial charge in [-0.3, -0.25) is 19.1 Å². The molecule has 4 aromatic rings. The fourth-order valence-electron chi connectivity index (χ4n) is 3.13. The van der Waals surface area contributed by atoms with Gasteiger partial charge in [0, 0.05) is 30.6 Å². The van der Waals surface area contributed by atoms with Gasteiger partial charge in [-0.25, -0.2) is 18.7 Å². The molecule has 2 aromatic heterocycles. The van der Waals surface area contributed by atoms with E-state index in [2.05, 4.69) is 20.3 Å². The van der Waals surface area contributed by atoms with Crippen LogP contribution in [0.4, 0.5) is 14.5 Å². The minimum atomic E-state index is -2.74. The lowest BCUT2D eigenvalue weighted by atomic mass is 10.1. The lowest BCUT2D eigenvalue weighted by Gasteiger charge is -2.14. The molecule has 2 aromatic carbocycles. The van der Waals surface area contributed by atoms with Crippen LogP contribution in [0.1, 0.15) is 22.5 Å². The first kappa shape index (κ1) is 19.3. The predicted molar refractivity (Wildman–Crippen MR) is 107 cm³/mol. The van der Waals surface area contributed by atoms with E-state index in [0.29, 0.717) is 0 Å². The fourth-order valence-corrected chi connectivity index (χ4v) is 3.13. The van der Waals surface area contributed by atoms with E-state index in [1.54, 1.807) is 24.3 Å². The number of carbonyl (C=O) groups is 1. The molecule has 0 aliphatic heterocycles. The number of hydrogen-bond donors (Lipinski definition) is 1. The van der Waals surface area contributed by atoms with Crippen molar-refractivity contribution in [2.24, 2.45) is 7.05 Å². The van der Waals surface area contributed by atoms with Crippen LogP contribution in [-0.4, -0.2) is 25.4 Å². The highest BCUT2D eigenvalue weighted by atomic mass is 19.3. The van der Waals surface area contributed by atoms with Crippen LogP contribution in [0, 0.1) is 0 Å². The molecule has 30 heavy (non-hydrogen) atoms. The molecule has 0 bridgehead atoms. The number of alkyl halides is 2. The molecule has 0 spiro atoms. The van der Waals surface area contributed by atoms with Crippen molar-refractivity contribution in [1.29, 1.82) is 0 Å². The average molecular weight is 407 g/mol. The molecule has 0 saturated carbocycles. The number of hydrogen-bond acceptors (Lipinski definition) is 5. The molecule has 150 valence electrons. The lowest BCUT2D eigenvalue weighted by Crippen LogP contribution is -2.22.